The van der Waals surface area contributed by atoms with E-state index in [1.165, 1.54) is 12.0 Å². The molecule has 1 heterocycles. The zero-order chi connectivity index (χ0) is 11.4. The van der Waals surface area contributed by atoms with Crippen molar-refractivity contribution < 1.29 is 14.3 Å². The average Bonchev–Trinajstić information content (AvgIpc) is 2.27. The number of nitrogens with zero attached hydrogens (tertiary/aromatic N) is 1. The molecule has 0 bridgehead atoms. The minimum atomic E-state index is -0.588. The number of carbonyl (C=O) groups excluding carboxylic acids is 2. The van der Waals surface area contributed by atoms with E-state index in [1.54, 1.807) is 6.92 Å². The normalized spacial score (nSPS) is 23.4. The predicted octanol–water partition coefficient (Wildman–Crippen LogP) is 1.17. The van der Waals surface area contributed by atoms with Crippen LogP contribution in [-0.2, 0) is 14.3 Å². The zero-order valence-corrected chi connectivity index (χ0v) is 9.79. The second kappa shape index (κ2) is 5.35. The molecular formula is C10H16ClNO3. The third-order valence-corrected chi connectivity index (χ3v) is 2.79. The van der Waals surface area contributed by atoms with Crippen LogP contribution in [-0.4, -0.2) is 41.8 Å². The van der Waals surface area contributed by atoms with Crippen molar-refractivity contribution in [3.05, 3.63) is 0 Å². The van der Waals surface area contributed by atoms with Crippen LogP contribution in [0.15, 0.2) is 0 Å². The van der Waals surface area contributed by atoms with Crippen LogP contribution < -0.4 is 0 Å². The van der Waals surface area contributed by atoms with Gasteiger partial charge in [-0.25, -0.2) is 4.79 Å². The standard InChI is InChI=1S/C10H16ClNO3/c1-7(11)9(13)12-6-4-3-5-8(12)10(14)15-2/h7-8H,3-6H2,1-2H3. The molecule has 15 heavy (non-hydrogen) atoms. The van der Waals surface area contributed by atoms with E-state index in [0.29, 0.717) is 13.0 Å². The Labute approximate surface area is 94.5 Å². The van der Waals surface area contributed by atoms with Gasteiger partial charge in [0.05, 0.1) is 7.11 Å². The van der Waals surface area contributed by atoms with Gasteiger partial charge in [-0.1, -0.05) is 0 Å². The van der Waals surface area contributed by atoms with Gasteiger partial charge in [-0.3, -0.25) is 4.79 Å². The van der Waals surface area contributed by atoms with E-state index < -0.39 is 11.4 Å². The van der Waals surface area contributed by atoms with Gasteiger partial charge in [0, 0.05) is 6.54 Å². The minimum Gasteiger partial charge on any atom is -0.467 e. The SMILES string of the molecule is COC(=O)C1CCCCN1C(=O)C(C)Cl. The number of hydrogen-bond acceptors (Lipinski definition) is 3. The van der Waals surface area contributed by atoms with Crippen LogP contribution in [0.1, 0.15) is 26.2 Å². The van der Waals surface area contributed by atoms with Crippen molar-refractivity contribution in [1.82, 2.24) is 4.90 Å². The number of amides is 1. The van der Waals surface area contributed by atoms with Crippen LogP contribution >= 0.6 is 11.6 Å². The van der Waals surface area contributed by atoms with Crippen molar-refractivity contribution >= 4 is 23.5 Å². The van der Waals surface area contributed by atoms with Gasteiger partial charge in [-0.05, 0) is 26.2 Å². The molecular weight excluding hydrogens is 218 g/mol. The first-order valence-electron chi connectivity index (χ1n) is 5.10. The van der Waals surface area contributed by atoms with Gasteiger partial charge in [0.1, 0.15) is 11.4 Å². The molecule has 1 saturated heterocycles. The lowest BCUT2D eigenvalue weighted by atomic mass is 10.0. The van der Waals surface area contributed by atoms with Gasteiger partial charge in [0.2, 0.25) is 5.91 Å². The summed E-state index contributed by atoms with van der Waals surface area (Å²) < 4.78 is 4.67. The molecule has 0 saturated carbocycles. The minimum absolute atomic E-state index is 0.188. The summed E-state index contributed by atoms with van der Waals surface area (Å²) in [5, 5.41) is -0.588. The summed E-state index contributed by atoms with van der Waals surface area (Å²) >= 11 is 5.73. The van der Waals surface area contributed by atoms with Crippen molar-refractivity contribution in [2.45, 2.75) is 37.6 Å². The molecule has 5 heteroatoms. The monoisotopic (exact) mass is 233 g/mol. The number of alkyl halides is 1. The Kier molecular flexibility index (Phi) is 4.39. The number of carbonyl (C=O) groups is 2. The Morgan fingerprint density at radius 3 is 2.67 bits per heavy atom. The molecule has 4 nitrogen and oxygen atoms in total. The lowest BCUT2D eigenvalue weighted by molar-refractivity contribution is -0.154. The third kappa shape index (κ3) is 2.84. The highest BCUT2D eigenvalue weighted by Crippen LogP contribution is 2.20. The second-order valence-corrected chi connectivity index (χ2v) is 4.34. The first-order chi connectivity index (χ1) is 7.07. The largest absolute Gasteiger partial charge is 0.467 e. The Morgan fingerprint density at radius 2 is 2.13 bits per heavy atom. The van der Waals surface area contributed by atoms with Crippen molar-refractivity contribution in [1.29, 1.82) is 0 Å². The Balaban J connectivity index is 2.73. The molecule has 0 radical (unpaired) electrons. The van der Waals surface area contributed by atoms with Crippen LogP contribution in [0, 0.1) is 0 Å². The Hall–Kier alpha value is -0.770. The molecule has 2 unspecified atom stereocenters. The third-order valence-electron chi connectivity index (χ3n) is 2.60. The molecule has 1 aliphatic rings. The van der Waals surface area contributed by atoms with Gasteiger partial charge in [-0.2, -0.15) is 0 Å². The number of esters is 1. The van der Waals surface area contributed by atoms with Crippen LogP contribution in [0.4, 0.5) is 0 Å². The fourth-order valence-corrected chi connectivity index (χ4v) is 1.93. The second-order valence-electron chi connectivity index (χ2n) is 3.68. The summed E-state index contributed by atoms with van der Waals surface area (Å²) in [5.41, 5.74) is 0. The summed E-state index contributed by atoms with van der Waals surface area (Å²) in [4.78, 5) is 24.7. The van der Waals surface area contributed by atoms with E-state index in [1.807, 2.05) is 0 Å². The van der Waals surface area contributed by atoms with Gasteiger partial charge in [0.25, 0.3) is 0 Å². The first-order valence-corrected chi connectivity index (χ1v) is 5.54. The van der Waals surface area contributed by atoms with Crippen LogP contribution in [0.2, 0.25) is 0 Å². The van der Waals surface area contributed by atoms with E-state index in [9.17, 15) is 9.59 Å². The topological polar surface area (TPSA) is 46.6 Å². The number of piperidine rings is 1. The number of ether oxygens (including phenoxy) is 1. The number of rotatable bonds is 2. The summed E-state index contributed by atoms with van der Waals surface area (Å²) in [6.07, 6.45) is 2.53. The molecule has 0 spiro atoms. The van der Waals surface area contributed by atoms with Crippen molar-refractivity contribution in [2.24, 2.45) is 0 Å². The molecule has 1 fully saturated rings. The molecule has 0 N–H and O–H groups in total. The summed E-state index contributed by atoms with van der Waals surface area (Å²) in [7, 11) is 1.34. The number of likely N-dealkylation sites (tertiary alicyclic amines) is 1. The molecule has 1 rings (SSSR count). The molecule has 0 aromatic rings. The van der Waals surface area contributed by atoms with Gasteiger partial charge >= 0.3 is 5.97 Å². The highest BCUT2D eigenvalue weighted by Gasteiger charge is 2.34. The summed E-state index contributed by atoms with van der Waals surface area (Å²) in [6, 6.07) is -0.447. The molecule has 0 aliphatic carbocycles. The number of halogens is 1. The highest BCUT2D eigenvalue weighted by atomic mass is 35.5. The maximum Gasteiger partial charge on any atom is 0.328 e. The zero-order valence-electron chi connectivity index (χ0n) is 9.03. The molecule has 0 aromatic heterocycles. The lowest BCUT2D eigenvalue weighted by Gasteiger charge is -2.34. The molecule has 86 valence electrons. The Morgan fingerprint density at radius 1 is 1.47 bits per heavy atom. The first kappa shape index (κ1) is 12.3. The maximum absolute atomic E-state index is 11.7. The Bertz CT molecular complexity index is 255. The lowest BCUT2D eigenvalue weighted by Crippen LogP contribution is -2.50. The van der Waals surface area contributed by atoms with Gasteiger partial charge in [0.15, 0.2) is 0 Å². The summed E-state index contributed by atoms with van der Waals surface area (Å²) in [6.45, 7) is 2.21. The highest BCUT2D eigenvalue weighted by molar-refractivity contribution is 6.30. The molecule has 0 aromatic carbocycles. The van der Waals surface area contributed by atoms with E-state index in [2.05, 4.69) is 4.74 Å². The van der Waals surface area contributed by atoms with Crippen molar-refractivity contribution in [3.8, 4) is 0 Å². The van der Waals surface area contributed by atoms with E-state index >= 15 is 0 Å². The average molecular weight is 234 g/mol. The van der Waals surface area contributed by atoms with Crippen LogP contribution in [0.5, 0.6) is 0 Å². The number of methoxy groups -OCH3 is 1. The maximum atomic E-state index is 11.7. The van der Waals surface area contributed by atoms with E-state index in [0.717, 1.165) is 12.8 Å². The van der Waals surface area contributed by atoms with Crippen LogP contribution in [0.25, 0.3) is 0 Å². The predicted molar refractivity (Wildman–Crippen MR) is 56.7 cm³/mol. The van der Waals surface area contributed by atoms with Crippen molar-refractivity contribution in [3.63, 3.8) is 0 Å². The van der Waals surface area contributed by atoms with Crippen LogP contribution in [0.3, 0.4) is 0 Å². The fraction of sp³-hybridized carbons (Fsp3) is 0.800. The van der Waals surface area contributed by atoms with Gasteiger partial charge in [-0.15, -0.1) is 11.6 Å². The van der Waals surface area contributed by atoms with Crippen molar-refractivity contribution in [2.75, 3.05) is 13.7 Å². The van der Waals surface area contributed by atoms with Gasteiger partial charge < -0.3 is 9.64 Å². The molecule has 1 amide bonds. The fourth-order valence-electron chi connectivity index (χ4n) is 1.80. The quantitative estimate of drug-likeness (QED) is 0.531. The number of hydrogen-bond donors (Lipinski definition) is 0. The molecule has 1 aliphatic heterocycles. The van der Waals surface area contributed by atoms with E-state index in [4.69, 9.17) is 11.6 Å². The smallest absolute Gasteiger partial charge is 0.328 e. The van der Waals surface area contributed by atoms with E-state index in [-0.39, 0.29) is 11.9 Å². The summed E-state index contributed by atoms with van der Waals surface area (Å²) in [5.74, 6) is -0.535. The molecule has 2 atom stereocenters.